The van der Waals surface area contributed by atoms with E-state index < -0.39 is 46.7 Å². The van der Waals surface area contributed by atoms with E-state index in [0.29, 0.717) is 6.07 Å². The van der Waals surface area contributed by atoms with Crippen molar-refractivity contribution in [3.05, 3.63) is 83.2 Å². The summed E-state index contributed by atoms with van der Waals surface area (Å²) in [6.07, 6.45) is -0.799. The Hall–Kier alpha value is -3.89. The first kappa shape index (κ1) is 21.3. The molecule has 1 aromatic carbocycles. The number of rotatable bonds is 4. The molecule has 0 bridgehead atoms. The molecule has 1 amide bonds. The number of hydrogen-bond acceptors (Lipinski definition) is 5. The predicted octanol–water partition coefficient (Wildman–Crippen LogP) is 3.53. The number of likely N-dealkylation sites (N-methyl/N-ethyl adjacent to an activating group) is 1. The minimum absolute atomic E-state index is 0.0938. The fraction of sp³-hybridized carbons (Fsp3) is 0.143. The van der Waals surface area contributed by atoms with Gasteiger partial charge in [0, 0.05) is 30.6 Å². The summed E-state index contributed by atoms with van der Waals surface area (Å²) in [7, 11) is 1.29. The Kier molecular flexibility index (Phi) is 5.11. The van der Waals surface area contributed by atoms with Crippen molar-refractivity contribution in [2.24, 2.45) is 10.7 Å². The average molecular weight is 447 g/mol. The van der Waals surface area contributed by atoms with Crippen molar-refractivity contribution in [2.75, 3.05) is 7.05 Å². The maximum atomic E-state index is 14.7. The van der Waals surface area contributed by atoms with Gasteiger partial charge in [-0.15, -0.1) is 0 Å². The number of alkyl halides is 2. The van der Waals surface area contributed by atoms with Crippen molar-refractivity contribution in [3.8, 4) is 11.1 Å². The van der Waals surface area contributed by atoms with E-state index in [0.717, 1.165) is 29.4 Å². The zero-order valence-corrected chi connectivity index (χ0v) is 16.4. The second-order valence-electron chi connectivity index (χ2n) is 6.98. The van der Waals surface area contributed by atoms with Crippen molar-refractivity contribution >= 4 is 11.9 Å². The second-order valence-corrected chi connectivity index (χ2v) is 6.98. The minimum Gasteiger partial charge on any atom is -0.369 e. The Bertz CT molecular complexity index is 1270. The lowest BCUT2D eigenvalue weighted by Gasteiger charge is -2.27. The van der Waals surface area contributed by atoms with Crippen LogP contribution in [-0.2, 0) is 10.3 Å². The van der Waals surface area contributed by atoms with E-state index in [2.05, 4.69) is 15.0 Å². The summed E-state index contributed by atoms with van der Waals surface area (Å²) in [6, 6.07) is 6.40. The van der Waals surface area contributed by atoms with Crippen LogP contribution in [0.2, 0.25) is 0 Å². The van der Waals surface area contributed by atoms with E-state index in [-0.39, 0.29) is 22.6 Å². The van der Waals surface area contributed by atoms with Gasteiger partial charge in [-0.3, -0.25) is 14.7 Å². The zero-order chi connectivity index (χ0) is 23.2. The molecule has 0 fully saturated rings. The summed E-state index contributed by atoms with van der Waals surface area (Å²) in [5, 5.41) is 0. The number of carbonyl (C=O) groups is 1. The van der Waals surface area contributed by atoms with Crippen molar-refractivity contribution in [2.45, 2.75) is 12.0 Å². The molecule has 0 radical (unpaired) electrons. The predicted molar refractivity (Wildman–Crippen MR) is 104 cm³/mol. The number of pyridine rings is 2. The molecule has 0 saturated carbocycles. The largest absolute Gasteiger partial charge is 0.369 e. The number of aromatic nitrogens is 2. The molecule has 1 atom stereocenters. The van der Waals surface area contributed by atoms with Crippen LogP contribution in [0.4, 0.5) is 22.0 Å². The molecule has 3 heterocycles. The van der Waals surface area contributed by atoms with Gasteiger partial charge in [-0.25, -0.2) is 27.5 Å². The first-order valence-corrected chi connectivity index (χ1v) is 9.15. The van der Waals surface area contributed by atoms with Gasteiger partial charge in [-0.2, -0.15) is 4.39 Å². The molecule has 6 nitrogen and oxygen atoms in total. The summed E-state index contributed by atoms with van der Waals surface area (Å²) in [5.74, 6) is -4.93. The molecule has 0 spiro atoms. The van der Waals surface area contributed by atoms with Gasteiger partial charge < -0.3 is 5.73 Å². The molecular formula is C21H14F5N5O. The Balaban J connectivity index is 2.04. The lowest BCUT2D eigenvalue weighted by molar-refractivity contribution is -0.129. The van der Waals surface area contributed by atoms with Gasteiger partial charge in [0.25, 0.3) is 12.3 Å². The van der Waals surface area contributed by atoms with Gasteiger partial charge in [-0.05, 0) is 47.5 Å². The Labute approximate surface area is 178 Å². The van der Waals surface area contributed by atoms with Crippen LogP contribution >= 0.6 is 0 Å². The van der Waals surface area contributed by atoms with E-state index in [9.17, 15) is 26.7 Å². The van der Waals surface area contributed by atoms with Crippen LogP contribution in [0.3, 0.4) is 0 Å². The van der Waals surface area contributed by atoms with Gasteiger partial charge in [0.2, 0.25) is 5.95 Å². The first-order chi connectivity index (χ1) is 15.2. The third-order valence-corrected chi connectivity index (χ3v) is 5.16. The number of nitrogens with two attached hydrogens (primary N) is 1. The standard InChI is InChI=1S/C21H14F5N5O/c1-31-19(32)21(30-20(31)27,10-4-6-28-15(9-10)17(24)25)11-7-13(16(23)14(22)8-11)12-3-2-5-29-18(12)26/h2-9,17H,1H3,(H2,27,30). The van der Waals surface area contributed by atoms with Crippen LogP contribution in [0, 0.1) is 17.6 Å². The van der Waals surface area contributed by atoms with Gasteiger partial charge >= 0.3 is 0 Å². The molecule has 0 saturated heterocycles. The summed E-state index contributed by atoms with van der Waals surface area (Å²) < 4.78 is 70.1. The summed E-state index contributed by atoms with van der Waals surface area (Å²) in [5.41, 5.74) is 1.82. The van der Waals surface area contributed by atoms with E-state index in [1.54, 1.807) is 0 Å². The highest BCUT2D eigenvalue weighted by Crippen LogP contribution is 2.42. The van der Waals surface area contributed by atoms with E-state index in [1.807, 2.05) is 0 Å². The number of guanidine groups is 1. The maximum Gasteiger partial charge on any atom is 0.280 e. The van der Waals surface area contributed by atoms with Crippen molar-refractivity contribution in [3.63, 3.8) is 0 Å². The first-order valence-electron chi connectivity index (χ1n) is 9.15. The Morgan fingerprint density at radius 2 is 1.75 bits per heavy atom. The molecule has 1 aliphatic rings. The minimum atomic E-state index is -2.97. The lowest BCUT2D eigenvalue weighted by atomic mass is 9.81. The number of benzene rings is 1. The molecular weight excluding hydrogens is 433 g/mol. The summed E-state index contributed by atoms with van der Waals surface area (Å²) in [6.45, 7) is 0. The molecule has 2 aromatic heterocycles. The van der Waals surface area contributed by atoms with Crippen LogP contribution < -0.4 is 5.73 Å². The molecule has 4 rings (SSSR count). The monoisotopic (exact) mass is 447 g/mol. The average Bonchev–Trinajstić information content (AvgIpc) is 3.01. The number of aliphatic imine (C=N–C) groups is 1. The lowest BCUT2D eigenvalue weighted by Crippen LogP contribution is -2.41. The molecule has 0 aliphatic carbocycles. The number of halogens is 5. The summed E-state index contributed by atoms with van der Waals surface area (Å²) in [4.78, 5) is 25.3. The number of amides is 1. The van der Waals surface area contributed by atoms with Crippen LogP contribution in [0.5, 0.6) is 0 Å². The fourth-order valence-corrected chi connectivity index (χ4v) is 3.56. The maximum absolute atomic E-state index is 14.7. The number of carbonyl (C=O) groups excluding carboxylic acids is 1. The van der Waals surface area contributed by atoms with E-state index in [1.165, 1.54) is 25.2 Å². The topological polar surface area (TPSA) is 84.5 Å². The number of hydrogen-bond donors (Lipinski definition) is 1. The normalized spacial score (nSPS) is 18.4. The van der Waals surface area contributed by atoms with Gasteiger partial charge in [0.15, 0.2) is 23.1 Å². The van der Waals surface area contributed by atoms with E-state index >= 15 is 0 Å². The Morgan fingerprint density at radius 1 is 1.00 bits per heavy atom. The van der Waals surface area contributed by atoms with Gasteiger partial charge in [0.05, 0.1) is 0 Å². The fourth-order valence-electron chi connectivity index (χ4n) is 3.56. The molecule has 3 aromatic rings. The molecule has 1 aliphatic heterocycles. The van der Waals surface area contributed by atoms with Crippen LogP contribution in [-0.4, -0.2) is 33.8 Å². The van der Waals surface area contributed by atoms with Gasteiger partial charge in [0.1, 0.15) is 5.69 Å². The van der Waals surface area contributed by atoms with Crippen molar-refractivity contribution < 1.29 is 26.7 Å². The number of nitrogens with zero attached hydrogens (tertiary/aromatic N) is 4. The quantitative estimate of drug-likeness (QED) is 0.490. The van der Waals surface area contributed by atoms with Crippen LogP contribution in [0.25, 0.3) is 11.1 Å². The molecule has 2 N–H and O–H groups in total. The SMILES string of the molecule is CN1C(=O)C(c2ccnc(C(F)F)c2)(c2cc(F)c(F)c(-c3cccnc3F)c2)N=C1N. The third-order valence-electron chi connectivity index (χ3n) is 5.16. The Morgan fingerprint density at radius 3 is 2.38 bits per heavy atom. The highest BCUT2D eigenvalue weighted by atomic mass is 19.3. The summed E-state index contributed by atoms with van der Waals surface area (Å²) >= 11 is 0. The van der Waals surface area contributed by atoms with Crippen molar-refractivity contribution in [1.29, 1.82) is 0 Å². The smallest absolute Gasteiger partial charge is 0.280 e. The third kappa shape index (κ3) is 3.17. The van der Waals surface area contributed by atoms with E-state index in [4.69, 9.17) is 5.73 Å². The highest BCUT2D eigenvalue weighted by Gasteiger charge is 2.50. The van der Waals surface area contributed by atoms with Crippen LogP contribution in [0.15, 0.2) is 53.8 Å². The molecule has 11 heteroatoms. The molecule has 32 heavy (non-hydrogen) atoms. The molecule has 164 valence electrons. The zero-order valence-electron chi connectivity index (χ0n) is 16.4. The molecule has 1 unspecified atom stereocenters. The highest BCUT2D eigenvalue weighted by molar-refractivity contribution is 6.09. The van der Waals surface area contributed by atoms with Crippen molar-refractivity contribution in [1.82, 2.24) is 14.9 Å². The second kappa shape index (κ2) is 7.66. The van der Waals surface area contributed by atoms with Gasteiger partial charge in [-0.1, -0.05) is 0 Å². The van der Waals surface area contributed by atoms with Crippen LogP contribution in [0.1, 0.15) is 23.2 Å².